The van der Waals surface area contributed by atoms with Crippen molar-refractivity contribution in [3.8, 4) is 0 Å². The molecule has 0 aliphatic carbocycles. The molecule has 1 aliphatic heterocycles. The minimum Gasteiger partial charge on any atom is -0.375 e. The van der Waals surface area contributed by atoms with Crippen LogP contribution < -0.4 is 11.3 Å². The molecule has 1 aliphatic rings. The van der Waals surface area contributed by atoms with Crippen molar-refractivity contribution in [2.45, 2.75) is 13.1 Å². The van der Waals surface area contributed by atoms with Crippen LogP contribution in [0.4, 0.5) is 5.13 Å². The van der Waals surface area contributed by atoms with Gasteiger partial charge < -0.3 is 10.6 Å². The molecule has 0 fully saturated rings. The van der Waals surface area contributed by atoms with E-state index in [1.807, 2.05) is 0 Å². The third-order valence-electron chi connectivity index (χ3n) is 2.66. The van der Waals surface area contributed by atoms with E-state index in [-0.39, 0.29) is 17.2 Å². The summed E-state index contributed by atoms with van der Waals surface area (Å²) in [4.78, 5) is 29.8. The van der Waals surface area contributed by atoms with Crippen LogP contribution in [0, 0.1) is 0 Å². The molecule has 0 saturated heterocycles. The number of H-pyrrole nitrogens is 1. The topological polar surface area (TPSA) is 105 Å². The maximum Gasteiger partial charge on any atom is 0.274 e. The standard InChI is InChI=1S/C10H9N5O2S/c11-10-12-6-3-15(4-7(6)18-10)9(17)5-1-2-8(16)14-13-5/h1-2H,3-4H2,(H2,11,12)(H,14,16). The zero-order valence-electron chi connectivity index (χ0n) is 9.21. The summed E-state index contributed by atoms with van der Waals surface area (Å²) in [5.74, 6) is -0.227. The lowest BCUT2D eigenvalue weighted by Gasteiger charge is -2.13. The molecule has 8 heteroatoms. The molecule has 0 unspecified atom stereocenters. The van der Waals surface area contributed by atoms with Crippen LogP contribution in [-0.2, 0) is 13.1 Å². The van der Waals surface area contributed by atoms with Crippen molar-refractivity contribution >= 4 is 22.4 Å². The number of anilines is 1. The van der Waals surface area contributed by atoms with Gasteiger partial charge in [0, 0.05) is 6.07 Å². The molecule has 0 radical (unpaired) electrons. The Bertz CT molecular complexity index is 633. The lowest BCUT2D eigenvalue weighted by Crippen LogP contribution is -2.27. The number of carbonyl (C=O) groups is 1. The van der Waals surface area contributed by atoms with Gasteiger partial charge in [0.1, 0.15) is 5.69 Å². The number of nitrogens with zero attached hydrogens (tertiary/aromatic N) is 3. The van der Waals surface area contributed by atoms with E-state index in [0.717, 1.165) is 10.6 Å². The van der Waals surface area contributed by atoms with E-state index in [4.69, 9.17) is 5.73 Å². The van der Waals surface area contributed by atoms with Crippen molar-refractivity contribution in [3.63, 3.8) is 0 Å². The number of aromatic amines is 1. The first-order valence-electron chi connectivity index (χ1n) is 5.22. The fraction of sp³-hybridized carbons (Fsp3) is 0.200. The number of nitrogens with two attached hydrogens (primary N) is 1. The largest absolute Gasteiger partial charge is 0.375 e. The number of hydrogen-bond donors (Lipinski definition) is 2. The van der Waals surface area contributed by atoms with E-state index in [9.17, 15) is 9.59 Å². The Hall–Kier alpha value is -2.22. The summed E-state index contributed by atoms with van der Waals surface area (Å²) in [5, 5.41) is 6.48. The van der Waals surface area contributed by atoms with Crippen LogP contribution in [0.5, 0.6) is 0 Å². The highest BCUT2D eigenvalue weighted by Crippen LogP contribution is 2.29. The molecule has 1 amide bonds. The van der Waals surface area contributed by atoms with Crippen molar-refractivity contribution in [2.24, 2.45) is 0 Å². The number of nitrogens with one attached hydrogen (secondary N) is 1. The molecule has 0 spiro atoms. The van der Waals surface area contributed by atoms with Crippen molar-refractivity contribution in [1.82, 2.24) is 20.1 Å². The number of thiazole rings is 1. The molecular weight excluding hydrogens is 254 g/mol. The molecule has 2 aromatic heterocycles. The van der Waals surface area contributed by atoms with E-state index >= 15 is 0 Å². The third kappa shape index (κ3) is 1.76. The van der Waals surface area contributed by atoms with Crippen molar-refractivity contribution in [3.05, 3.63) is 38.8 Å². The van der Waals surface area contributed by atoms with Gasteiger partial charge >= 0.3 is 0 Å². The molecule has 3 N–H and O–H groups in total. The van der Waals surface area contributed by atoms with E-state index < -0.39 is 0 Å². The van der Waals surface area contributed by atoms with Gasteiger partial charge in [0.15, 0.2) is 5.13 Å². The molecule has 92 valence electrons. The summed E-state index contributed by atoms with van der Waals surface area (Å²) >= 11 is 1.39. The Labute approximate surface area is 105 Å². The third-order valence-corrected chi connectivity index (χ3v) is 3.57. The first-order valence-corrected chi connectivity index (χ1v) is 6.04. The second-order valence-corrected chi connectivity index (χ2v) is 5.00. The summed E-state index contributed by atoms with van der Waals surface area (Å²) in [5.41, 5.74) is 6.32. The Morgan fingerprint density at radius 3 is 2.94 bits per heavy atom. The van der Waals surface area contributed by atoms with Gasteiger partial charge in [-0.15, -0.1) is 11.3 Å². The zero-order chi connectivity index (χ0) is 12.7. The number of aromatic nitrogens is 3. The van der Waals surface area contributed by atoms with Gasteiger partial charge in [0.25, 0.3) is 11.5 Å². The van der Waals surface area contributed by atoms with Crippen molar-refractivity contribution in [1.29, 1.82) is 0 Å². The summed E-state index contributed by atoms with van der Waals surface area (Å²) in [7, 11) is 0. The molecule has 0 bridgehead atoms. The van der Waals surface area contributed by atoms with Crippen molar-refractivity contribution in [2.75, 3.05) is 5.73 Å². The average Bonchev–Trinajstić information content (AvgIpc) is 2.86. The highest BCUT2D eigenvalue weighted by molar-refractivity contribution is 7.15. The highest BCUT2D eigenvalue weighted by Gasteiger charge is 2.28. The normalized spacial score (nSPS) is 13.7. The predicted octanol–water partition coefficient (Wildman–Crippen LogP) is -0.0354. The SMILES string of the molecule is Nc1nc2c(s1)CN(C(=O)c1ccc(=O)[nH]n1)C2. The number of amides is 1. The van der Waals surface area contributed by atoms with E-state index in [1.165, 1.54) is 23.5 Å². The van der Waals surface area contributed by atoms with E-state index in [0.29, 0.717) is 18.2 Å². The molecule has 3 heterocycles. The number of fused-ring (bicyclic) bond motifs is 1. The molecule has 18 heavy (non-hydrogen) atoms. The number of nitrogen functional groups attached to an aromatic ring is 1. The number of rotatable bonds is 1. The Morgan fingerprint density at radius 2 is 2.28 bits per heavy atom. The Morgan fingerprint density at radius 1 is 1.44 bits per heavy atom. The van der Waals surface area contributed by atoms with Gasteiger partial charge in [0.2, 0.25) is 0 Å². The second kappa shape index (κ2) is 3.91. The van der Waals surface area contributed by atoms with Crippen LogP contribution in [0.15, 0.2) is 16.9 Å². The maximum absolute atomic E-state index is 12.1. The Balaban J connectivity index is 1.82. The maximum atomic E-state index is 12.1. The monoisotopic (exact) mass is 263 g/mol. The lowest BCUT2D eigenvalue weighted by atomic mass is 10.3. The quantitative estimate of drug-likeness (QED) is 0.751. The summed E-state index contributed by atoms with van der Waals surface area (Å²) in [6.07, 6.45) is 0. The predicted molar refractivity (Wildman–Crippen MR) is 65.0 cm³/mol. The van der Waals surface area contributed by atoms with Gasteiger partial charge in [-0.25, -0.2) is 10.1 Å². The van der Waals surface area contributed by atoms with Gasteiger partial charge in [0.05, 0.1) is 23.7 Å². The minimum absolute atomic E-state index is 0.220. The first kappa shape index (κ1) is 10.9. The summed E-state index contributed by atoms with van der Waals surface area (Å²) in [6.45, 7) is 0.923. The second-order valence-electron chi connectivity index (χ2n) is 3.89. The van der Waals surface area contributed by atoms with Gasteiger partial charge in [-0.05, 0) is 6.07 Å². The van der Waals surface area contributed by atoms with Gasteiger partial charge in [-0.1, -0.05) is 0 Å². The molecule has 7 nitrogen and oxygen atoms in total. The molecule has 0 aromatic carbocycles. The fourth-order valence-electron chi connectivity index (χ4n) is 1.83. The summed E-state index contributed by atoms with van der Waals surface area (Å²) in [6, 6.07) is 2.69. The number of carbonyl (C=O) groups excluding carboxylic acids is 1. The molecule has 2 aromatic rings. The zero-order valence-corrected chi connectivity index (χ0v) is 10.0. The van der Waals surface area contributed by atoms with Gasteiger partial charge in [-0.2, -0.15) is 5.10 Å². The van der Waals surface area contributed by atoms with Crippen LogP contribution in [0.25, 0.3) is 0 Å². The minimum atomic E-state index is -0.332. The summed E-state index contributed by atoms with van der Waals surface area (Å²) < 4.78 is 0. The van der Waals surface area contributed by atoms with Crippen molar-refractivity contribution < 1.29 is 4.79 Å². The molecule has 3 rings (SSSR count). The van der Waals surface area contributed by atoms with E-state index in [2.05, 4.69) is 15.2 Å². The lowest BCUT2D eigenvalue weighted by molar-refractivity contribution is 0.0743. The van der Waals surface area contributed by atoms with Crippen LogP contribution in [-0.4, -0.2) is 26.0 Å². The first-order chi connectivity index (χ1) is 8.63. The van der Waals surface area contributed by atoms with Crippen LogP contribution in [0.3, 0.4) is 0 Å². The molecular formula is C10H9N5O2S. The van der Waals surface area contributed by atoms with Gasteiger partial charge in [-0.3, -0.25) is 9.59 Å². The smallest absolute Gasteiger partial charge is 0.274 e. The molecule has 0 saturated carbocycles. The van der Waals surface area contributed by atoms with Crippen LogP contribution >= 0.6 is 11.3 Å². The van der Waals surface area contributed by atoms with Crippen LogP contribution in [0.1, 0.15) is 21.1 Å². The Kier molecular flexibility index (Phi) is 2.37. The van der Waals surface area contributed by atoms with E-state index in [1.54, 1.807) is 4.90 Å². The fourth-order valence-corrected chi connectivity index (χ4v) is 2.69. The average molecular weight is 263 g/mol. The van der Waals surface area contributed by atoms with Crippen LogP contribution in [0.2, 0.25) is 0 Å². The highest BCUT2D eigenvalue weighted by atomic mass is 32.1. The number of hydrogen-bond acceptors (Lipinski definition) is 6. The molecule has 0 atom stereocenters.